The highest BCUT2D eigenvalue weighted by Crippen LogP contribution is 1.99. The van der Waals surface area contributed by atoms with Gasteiger partial charge in [0, 0.05) is 6.42 Å². The molecule has 1 aromatic heterocycles. The van der Waals surface area contributed by atoms with Crippen molar-refractivity contribution in [2.75, 3.05) is 19.3 Å². The summed E-state index contributed by atoms with van der Waals surface area (Å²) >= 11 is 0. The molecule has 1 rings (SSSR count). The van der Waals surface area contributed by atoms with Gasteiger partial charge in [0.05, 0.1) is 0 Å². The van der Waals surface area contributed by atoms with Gasteiger partial charge in [-0.3, -0.25) is 21.0 Å². The van der Waals surface area contributed by atoms with Gasteiger partial charge in [0.25, 0.3) is 0 Å². The predicted octanol–water partition coefficient (Wildman–Crippen LogP) is -1.13. The zero-order chi connectivity index (χ0) is 12.5. The van der Waals surface area contributed by atoms with Crippen LogP contribution < -0.4 is 21.7 Å². The largest absolute Gasteiger partial charge is 0.367 e. The molecule has 0 radical (unpaired) electrons. The van der Waals surface area contributed by atoms with Crippen LogP contribution in [0.2, 0.25) is 0 Å². The second kappa shape index (κ2) is 7.43. The van der Waals surface area contributed by atoms with E-state index in [1.807, 2.05) is 6.19 Å². The molecule has 0 amide bonds. The second-order valence-corrected chi connectivity index (χ2v) is 3.53. The number of unbranched alkanes of at least 4 members (excludes halogenated alkanes) is 1. The van der Waals surface area contributed by atoms with Crippen molar-refractivity contribution in [2.24, 2.45) is 0 Å². The molecule has 0 aliphatic rings. The second-order valence-electron chi connectivity index (χ2n) is 3.53. The lowest BCUT2D eigenvalue weighted by Crippen LogP contribution is -2.49. The average Bonchev–Trinajstić information content (AvgIpc) is 2.73. The van der Waals surface area contributed by atoms with Gasteiger partial charge in [-0.25, -0.2) is 0 Å². The molecule has 0 bridgehead atoms. The maximum atomic E-state index is 8.45. The van der Waals surface area contributed by atoms with Crippen LogP contribution in [0.5, 0.6) is 0 Å². The van der Waals surface area contributed by atoms with E-state index in [1.165, 1.54) is 0 Å². The third-order valence-electron chi connectivity index (χ3n) is 2.24. The van der Waals surface area contributed by atoms with Crippen LogP contribution in [0.4, 0.5) is 5.95 Å². The maximum absolute atomic E-state index is 8.45. The summed E-state index contributed by atoms with van der Waals surface area (Å²) in [6.07, 6.45) is 4.47. The molecule has 0 aliphatic carbocycles. The zero-order valence-corrected chi connectivity index (χ0v) is 9.82. The third kappa shape index (κ3) is 5.14. The van der Waals surface area contributed by atoms with Gasteiger partial charge in [0.1, 0.15) is 12.1 Å². The lowest BCUT2D eigenvalue weighted by Gasteiger charge is -2.15. The molecule has 0 aliphatic heterocycles. The summed E-state index contributed by atoms with van der Waals surface area (Å²) in [5.41, 5.74) is 5.39. The number of H-pyrrole nitrogens is 1. The Labute approximate surface area is 100.0 Å². The van der Waals surface area contributed by atoms with E-state index in [-0.39, 0.29) is 12.2 Å². The van der Waals surface area contributed by atoms with Gasteiger partial charge < -0.3 is 5.73 Å². The molecule has 1 aromatic rings. The summed E-state index contributed by atoms with van der Waals surface area (Å²) in [6, 6.07) is 0. The fourth-order valence-electron chi connectivity index (χ4n) is 1.38. The van der Waals surface area contributed by atoms with Crippen LogP contribution in [0.25, 0.3) is 0 Å². The van der Waals surface area contributed by atoms with E-state index in [0.29, 0.717) is 0 Å². The van der Waals surface area contributed by atoms with Crippen LogP contribution in [-0.4, -0.2) is 35.1 Å². The molecular formula is C9H18N8. The summed E-state index contributed by atoms with van der Waals surface area (Å²) in [7, 11) is 1.78. The summed E-state index contributed by atoms with van der Waals surface area (Å²) < 4.78 is 0. The Morgan fingerprint density at radius 1 is 1.53 bits per heavy atom. The van der Waals surface area contributed by atoms with Crippen LogP contribution >= 0.6 is 0 Å². The summed E-state index contributed by atoms with van der Waals surface area (Å²) in [5, 5.41) is 23.6. The Hall–Kier alpha value is -1.85. The predicted molar refractivity (Wildman–Crippen MR) is 63.3 cm³/mol. The molecule has 17 heavy (non-hydrogen) atoms. The van der Waals surface area contributed by atoms with Crippen molar-refractivity contribution in [3.63, 3.8) is 0 Å². The van der Waals surface area contributed by atoms with Crippen molar-refractivity contribution in [1.29, 1.82) is 5.26 Å². The fourth-order valence-corrected chi connectivity index (χ4v) is 1.38. The SMILES string of the molecule is CN[C@@H](NC#N)NCCCCc1nc(N)n[nH]1. The van der Waals surface area contributed by atoms with Gasteiger partial charge in [-0.05, 0) is 26.4 Å². The number of anilines is 1. The van der Waals surface area contributed by atoms with E-state index in [1.54, 1.807) is 7.05 Å². The number of nitrogen functional groups attached to an aromatic ring is 1. The minimum atomic E-state index is -0.180. The number of aromatic amines is 1. The third-order valence-corrected chi connectivity index (χ3v) is 2.24. The standard InChI is InChI=1S/C9H18N8/c1-12-9(14-6-10)13-5-3-2-4-7-15-8(11)17-16-7/h9,12-14H,2-5H2,1H3,(H3,11,15,16,17)/t9-/m1/s1. The highest BCUT2D eigenvalue weighted by atomic mass is 15.3. The van der Waals surface area contributed by atoms with E-state index in [2.05, 4.69) is 31.1 Å². The minimum absolute atomic E-state index is 0.180. The average molecular weight is 238 g/mol. The number of nitrogens with two attached hydrogens (primary N) is 1. The molecule has 0 fully saturated rings. The molecule has 0 saturated carbocycles. The number of nitriles is 1. The zero-order valence-electron chi connectivity index (χ0n) is 9.82. The van der Waals surface area contributed by atoms with Crippen LogP contribution in [0.1, 0.15) is 18.7 Å². The van der Waals surface area contributed by atoms with Crippen molar-refractivity contribution in [2.45, 2.75) is 25.6 Å². The number of hydrogen-bond donors (Lipinski definition) is 5. The Morgan fingerprint density at radius 2 is 2.35 bits per heavy atom. The van der Waals surface area contributed by atoms with Gasteiger partial charge in [-0.15, -0.1) is 5.10 Å². The highest BCUT2D eigenvalue weighted by Gasteiger charge is 2.02. The van der Waals surface area contributed by atoms with Crippen LogP contribution in [0.3, 0.4) is 0 Å². The van der Waals surface area contributed by atoms with Crippen molar-refractivity contribution in [3.05, 3.63) is 5.82 Å². The van der Waals surface area contributed by atoms with Crippen molar-refractivity contribution < 1.29 is 0 Å². The van der Waals surface area contributed by atoms with Gasteiger partial charge in [-0.2, -0.15) is 10.2 Å². The maximum Gasteiger partial charge on any atom is 0.239 e. The van der Waals surface area contributed by atoms with E-state index < -0.39 is 0 Å². The van der Waals surface area contributed by atoms with Crippen LogP contribution in [-0.2, 0) is 6.42 Å². The lowest BCUT2D eigenvalue weighted by atomic mass is 10.2. The number of rotatable bonds is 8. The molecule has 8 heteroatoms. The number of aromatic nitrogens is 3. The topological polar surface area (TPSA) is 127 Å². The highest BCUT2D eigenvalue weighted by molar-refractivity contribution is 5.12. The van der Waals surface area contributed by atoms with Gasteiger partial charge in [0.2, 0.25) is 5.95 Å². The molecule has 0 aromatic carbocycles. The van der Waals surface area contributed by atoms with E-state index in [4.69, 9.17) is 11.0 Å². The first kappa shape index (κ1) is 13.2. The summed E-state index contributed by atoms with van der Waals surface area (Å²) in [4.78, 5) is 4.01. The quantitative estimate of drug-likeness (QED) is 0.168. The van der Waals surface area contributed by atoms with Crippen LogP contribution in [0, 0.1) is 11.5 Å². The first-order valence-corrected chi connectivity index (χ1v) is 5.48. The van der Waals surface area contributed by atoms with Gasteiger partial charge in [0.15, 0.2) is 6.19 Å². The van der Waals surface area contributed by atoms with Crippen molar-refractivity contribution in [1.82, 2.24) is 31.1 Å². The summed E-state index contributed by atoms with van der Waals surface area (Å²) in [5.74, 6) is 1.09. The Morgan fingerprint density at radius 3 is 2.94 bits per heavy atom. The minimum Gasteiger partial charge on any atom is -0.367 e. The van der Waals surface area contributed by atoms with Crippen LogP contribution in [0.15, 0.2) is 0 Å². The normalized spacial score (nSPS) is 12.0. The first-order valence-electron chi connectivity index (χ1n) is 5.48. The molecule has 0 saturated heterocycles. The van der Waals surface area contributed by atoms with Crippen molar-refractivity contribution in [3.8, 4) is 6.19 Å². The molecule has 0 spiro atoms. The Bertz CT molecular complexity index is 354. The molecular weight excluding hydrogens is 220 g/mol. The van der Waals surface area contributed by atoms with Gasteiger partial charge >= 0.3 is 0 Å². The lowest BCUT2D eigenvalue weighted by molar-refractivity contribution is 0.416. The monoisotopic (exact) mass is 238 g/mol. The molecule has 1 atom stereocenters. The molecule has 8 nitrogen and oxygen atoms in total. The van der Waals surface area contributed by atoms with E-state index in [0.717, 1.165) is 31.6 Å². The molecule has 0 unspecified atom stereocenters. The fraction of sp³-hybridized carbons (Fsp3) is 0.667. The van der Waals surface area contributed by atoms with Crippen molar-refractivity contribution >= 4 is 5.95 Å². The number of aryl methyl sites for hydroxylation is 1. The summed E-state index contributed by atoms with van der Waals surface area (Å²) in [6.45, 7) is 0.809. The molecule has 94 valence electrons. The first-order chi connectivity index (χ1) is 8.26. The molecule has 6 N–H and O–H groups in total. The Kier molecular flexibility index (Phi) is 5.77. The Balaban J connectivity index is 2.06. The molecule has 1 heterocycles. The number of nitrogens with one attached hydrogen (secondary N) is 4. The van der Waals surface area contributed by atoms with Gasteiger partial charge in [-0.1, -0.05) is 0 Å². The van der Waals surface area contributed by atoms with E-state index >= 15 is 0 Å². The smallest absolute Gasteiger partial charge is 0.239 e. The number of hydrogen-bond acceptors (Lipinski definition) is 7. The number of nitrogens with zero attached hydrogens (tertiary/aromatic N) is 3. The van der Waals surface area contributed by atoms with E-state index in [9.17, 15) is 0 Å².